The van der Waals surface area contributed by atoms with Crippen LogP contribution in [0.3, 0.4) is 0 Å². The fourth-order valence-electron chi connectivity index (χ4n) is 2.73. The van der Waals surface area contributed by atoms with Gasteiger partial charge in [0.15, 0.2) is 7.28 Å². The van der Waals surface area contributed by atoms with E-state index in [1.807, 2.05) is 56.3 Å². The number of halogens is 2. The Labute approximate surface area is 165 Å². The van der Waals surface area contributed by atoms with Crippen molar-refractivity contribution in [1.29, 1.82) is 0 Å². The Bertz CT molecular complexity index is 1110. The van der Waals surface area contributed by atoms with Crippen molar-refractivity contribution in [1.82, 2.24) is 0 Å². The fourth-order valence-corrected chi connectivity index (χ4v) is 2.73. The van der Waals surface area contributed by atoms with Crippen molar-refractivity contribution in [2.24, 2.45) is 0 Å². The molecule has 3 heteroatoms. The highest BCUT2D eigenvalue weighted by Crippen LogP contribution is 2.11. The maximum absolute atomic E-state index is 13.8. The number of aryl methyl sites for hydroxylation is 2. The lowest BCUT2D eigenvalue weighted by Gasteiger charge is -2.02. The zero-order chi connectivity index (χ0) is 20.1. The molecule has 0 bridgehead atoms. The van der Waals surface area contributed by atoms with Gasteiger partial charge in [0.25, 0.3) is 0 Å². The molecule has 3 aromatic carbocycles. The smallest absolute Gasteiger partial charge is 0.156 e. The van der Waals surface area contributed by atoms with Gasteiger partial charge < -0.3 is 0 Å². The average Bonchev–Trinajstić information content (AvgIpc) is 2.67. The van der Waals surface area contributed by atoms with Crippen LogP contribution < -0.4 is 5.46 Å². The molecular formula is C25H18BF2. The molecule has 0 N–H and O–H groups in total. The highest BCUT2D eigenvalue weighted by Gasteiger charge is 2.08. The van der Waals surface area contributed by atoms with Crippen LogP contribution in [0, 0.1) is 49.2 Å². The monoisotopic (exact) mass is 367 g/mol. The Morgan fingerprint density at radius 1 is 0.679 bits per heavy atom. The van der Waals surface area contributed by atoms with Gasteiger partial charge in [0, 0.05) is 22.3 Å². The first-order valence-corrected chi connectivity index (χ1v) is 8.96. The van der Waals surface area contributed by atoms with E-state index >= 15 is 0 Å². The van der Waals surface area contributed by atoms with Gasteiger partial charge in [0.1, 0.15) is 11.6 Å². The van der Waals surface area contributed by atoms with Gasteiger partial charge in [0.2, 0.25) is 0 Å². The van der Waals surface area contributed by atoms with Crippen molar-refractivity contribution in [3.8, 4) is 23.7 Å². The topological polar surface area (TPSA) is 0 Å². The van der Waals surface area contributed by atoms with E-state index in [0.29, 0.717) is 5.56 Å². The van der Waals surface area contributed by atoms with Crippen molar-refractivity contribution < 1.29 is 8.78 Å². The summed E-state index contributed by atoms with van der Waals surface area (Å²) in [6, 6.07) is 16.3. The fraction of sp³-hybridized carbons (Fsp3) is 0.120. The Morgan fingerprint density at radius 2 is 1.25 bits per heavy atom. The summed E-state index contributed by atoms with van der Waals surface area (Å²) in [5, 5.41) is 0. The normalized spacial score (nSPS) is 9.75. The van der Waals surface area contributed by atoms with E-state index in [-0.39, 0.29) is 5.46 Å². The van der Waals surface area contributed by atoms with Crippen LogP contribution in [0.25, 0.3) is 0 Å². The molecule has 0 aliphatic heterocycles. The van der Waals surface area contributed by atoms with Crippen LogP contribution in [0.4, 0.5) is 8.78 Å². The predicted molar refractivity (Wildman–Crippen MR) is 112 cm³/mol. The van der Waals surface area contributed by atoms with Gasteiger partial charge in [-0.3, -0.25) is 0 Å². The molecule has 0 fully saturated rings. The minimum Gasteiger partial charge on any atom is -0.207 e. The standard InChI is InChI=1S/C25H18BF2/c1-17-4-6-19(7-5-17)10-12-22-13-11-20(14-18(22)2)8-9-21-15-23(27)25(26-3)24(28)16-21/h4-7,11,13-16H,1-3H3. The molecule has 0 aliphatic carbocycles. The van der Waals surface area contributed by atoms with Gasteiger partial charge in [-0.2, -0.15) is 0 Å². The summed E-state index contributed by atoms with van der Waals surface area (Å²) in [4.78, 5) is 0. The first kappa shape index (κ1) is 19.5. The van der Waals surface area contributed by atoms with Gasteiger partial charge in [-0.05, 0) is 67.3 Å². The van der Waals surface area contributed by atoms with Crippen molar-refractivity contribution in [2.45, 2.75) is 20.7 Å². The molecule has 0 aliphatic rings. The van der Waals surface area contributed by atoms with Crippen molar-refractivity contribution >= 4 is 12.7 Å². The van der Waals surface area contributed by atoms with Gasteiger partial charge in [-0.15, -0.1) is 0 Å². The molecule has 28 heavy (non-hydrogen) atoms. The predicted octanol–water partition coefficient (Wildman–Crippen LogP) is 4.76. The summed E-state index contributed by atoms with van der Waals surface area (Å²) >= 11 is 0. The second-order valence-corrected chi connectivity index (χ2v) is 6.54. The van der Waals surface area contributed by atoms with Crippen LogP contribution in [0.5, 0.6) is 0 Å². The Kier molecular flexibility index (Phi) is 5.98. The van der Waals surface area contributed by atoms with Crippen LogP contribution in [-0.4, -0.2) is 7.28 Å². The first-order chi connectivity index (χ1) is 13.5. The van der Waals surface area contributed by atoms with Gasteiger partial charge in [-0.1, -0.05) is 48.2 Å². The van der Waals surface area contributed by atoms with Crippen LogP contribution in [0.15, 0.2) is 54.6 Å². The molecule has 0 saturated heterocycles. The van der Waals surface area contributed by atoms with E-state index in [1.54, 1.807) is 6.82 Å². The third-order valence-corrected chi connectivity index (χ3v) is 4.34. The summed E-state index contributed by atoms with van der Waals surface area (Å²) < 4.78 is 27.7. The van der Waals surface area contributed by atoms with Gasteiger partial charge >= 0.3 is 0 Å². The Morgan fingerprint density at radius 3 is 1.86 bits per heavy atom. The number of benzene rings is 3. The summed E-state index contributed by atoms with van der Waals surface area (Å²) in [5.74, 6) is 10.9. The molecule has 135 valence electrons. The van der Waals surface area contributed by atoms with Crippen LogP contribution in [-0.2, 0) is 0 Å². The average molecular weight is 367 g/mol. The largest absolute Gasteiger partial charge is 0.207 e. The Hall–Kier alpha value is -3.30. The van der Waals surface area contributed by atoms with Crippen molar-refractivity contribution in [2.75, 3.05) is 0 Å². The van der Waals surface area contributed by atoms with E-state index < -0.39 is 11.6 Å². The molecule has 0 unspecified atom stereocenters. The number of hydrogen-bond donors (Lipinski definition) is 0. The van der Waals surface area contributed by atoms with E-state index in [2.05, 4.69) is 23.7 Å². The molecular weight excluding hydrogens is 349 g/mol. The maximum atomic E-state index is 13.8. The number of rotatable bonds is 1. The molecule has 0 spiro atoms. The SMILES string of the molecule is C[B]c1c(F)cc(C#Cc2ccc(C#Cc3ccc(C)cc3)c(C)c2)cc1F. The zero-order valence-corrected chi connectivity index (χ0v) is 16.0. The molecule has 0 nitrogen and oxygen atoms in total. The zero-order valence-electron chi connectivity index (χ0n) is 16.0. The second kappa shape index (κ2) is 8.60. The van der Waals surface area contributed by atoms with Gasteiger partial charge in [-0.25, -0.2) is 8.78 Å². The molecule has 0 saturated carbocycles. The highest BCUT2D eigenvalue weighted by atomic mass is 19.1. The maximum Gasteiger partial charge on any atom is 0.156 e. The van der Waals surface area contributed by atoms with E-state index in [4.69, 9.17) is 0 Å². The molecule has 0 heterocycles. The lowest BCUT2D eigenvalue weighted by molar-refractivity contribution is 0.597. The first-order valence-electron chi connectivity index (χ1n) is 8.96. The lowest BCUT2D eigenvalue weighted by Crippen LogP contribution is -2.20. The molecule has 0 amide bonds. The molecule has 1 radical (unpaired) electrons. The summed E-state index contributed by atoms with van der Waals surface area (Å²) in [6.45, 7) is 5.61. The third-order valence-electron chi connectivity index (χ3n) is 4.34. The van der Waals surface area contributed by atoms with Crippen molar-refractivity contribution in [3.63, 3.8) is 0 Å². The highest BCUT2D eigenvalue weighted by molar-refractivity contribution is 6.52. The minimum atomic E-state index is -0.607. The quantitative estimate of drug-likeness (QED) is 0.430. The van der Waals surface area contributed by atoms with Gasteiger partial charge in [0.05, 0.1) is 0 Å². The summed E-state index contributed by atoms with van der Waals surface area (Å²) in [6.07, 6.45) is 0. The summed E-state index contributed by atoms with van der Waals surface area (Å²) in [5.41, 5.74) is 5.13. The number of hydrogen-bond acceptors (Lipinski definition) is 0. The van der Waals surface area contributed by atoms with E-state index in [9.17, 15) is 8.78 Å². The molecule has 0 atom stereocenters. The Balaban J connectivity index is 1.83. The second-order valence-electron chi connectivity index (χ2n) is 6.54. The van der Waals surface area contributed by atoms with E-state index in [0.717, 1.165) is 22.3 Å². The van der Waals surface area contributed by atoms with Crippen LogP contribution >= 0.6 is 0 Å². The van der Waals surface area contributed by atoms with Crippen molar-refractivity contribution in [3.05, 3.63) is 99.6 Å². The third kappa shape index (κ3) is 4.70. The molecule has 3 rings (SSSR count). The minimum absolute atomic E-state index is 0.0297. The summed E-state index contributed by atoms with van der Waals surface area (Å²) in [7, 11) is 1.40. The molecule has 0 aromatic heterocycles. The van der Waals surface area contributed by atoms with Crippen LogP contribution in [0.1, 0.15) is 33.4 Å². The van der Waals surface area contributed by atoms with E-state index in [1.165, 1.54) is 25.0 Å². The lowest BCUT2D eigenvalue weighted by atomic mass is 9.72. The van der Waals surface area contributed by atoms with Crippen LogP contribution in [0.2, 0.25) is 6.82 Å². The molecule has 3 aromatic rings.